The first-order valence-corrected chi connectivity index (χ1v) is 7.24. The lowest BCUT2D eigenvalue weighted by atomic mass is 10.2. The van der Waals surface area contributed by atoms with Crippen molar-refractivity contribution in [3.05, 3.63) is 36.4 Å². The van der Waals surface area contributed by atoms with Gasteiger partial charge in [-0.15, -0.1) is 0 Å². The van der Waals surface area contributed by atoms with Crippen LogP contribution in [-0.4, -0.2) is 33.5 Å². The third-order valence-electron chi connectivity index (χ3n) is 3.39. The number of para-hydroxylation sites is 1. The van der Waals surface area contributed by atoms with E-state index in [2.05, 4.69) is 5.32 Å². The molecule has 7 heteroatoms. The zero-order valence-electron chi connectivity index (χ0n) is 13.3. The van der Waals surface area contributed by atoms with E-state index in [0.717, 1.165) is 0 Å². The highest BCUT2D eigenvalue weighted by Crippen LogP contribution is 2.37. The van der Waals surface area contributed by atoms with Gasteiger partial charge in [0.15, 0.2) is 29.6 Å². The van der Waals surface area contributed by atoms with Gasteiger partial charge in [-0.1, -0.05) is 6.07 Å². The second kappa shape index (κ2) is 6.99. The first-order valence-electron chi connectivity index (χ1n) is 7.24. The molecule has 0 saturated carbocycles. The average molecular weight is 331 g/mol. The predicted molar refractivity (Wildman–Crippen MR) is 86.2 cm³/mol. The van der Waals surface area contributed by atoms with Gasteiger partial charge in [0.25, 0.3) is 5.91 Å². The molecule has 7 nitrogen and oxygen atoms in total. The standard InChI is InChI=1S/C17H17NO6/c1-20-13-4-3-5-14(21-2)17(13)22-9-16(19)18-11-6-7-12-15(8-11)24-10-23-12/h3-8H,9-10H2,1-2H3,(H,18,19). The van der Waals surface area contributed by atoms with Crippen molar-refractivity contribution in [2.24, 2.45) is 0 Å². The Hall–Kier alpha value is -3.09. The van der Waals surface area contributed by atoms with Crippen molar-refractivity contribution in [1.29, 1.82) is 0 Å². The van der Waals surface area contributed by atoms with E-state index >= 15 is 0 Å². The number of benzene rings is 2. The molecule has 0 fully saturated rings. The summed E-state index contributed by atoms with van der Waals surface area (Å²) in [5.41, 5.74) is 0.597. The maximum atomic E-state index is 12.1. The topological polar surface area (TPSA) is 75.3 Å². The van der Waals surface area contributed by atoms with Crippen LogP contribution in [0.25, 0.3) is 0 Å². The van der Waals surface area contributed by atoms with Crippen LogP contribution >= 0.6 is 0 Å². The van der Waals surface area contributed by atoms with Crippen LogP contribution in [0.3, 0.4) is 0 Å². The van der Waals surface area contributed by atoms with Crippen LogP contribution in [0.5, 0.6) is 28.7 Å². The summed E-state index contributed by atoms with van der Waals surface area (Å²) in [6, 6.07) is 10.4. The van der Waals surface area contributed by atoms with Crippen LogP contribution in [0.2, 0.25) is 0 Å². The van der Waals surface area contributed by atoms with Crippen molar-refractivity contribution in [3.8, 4) is 28.7 Å². The number of hydrogen-bond acceptors (Lipinski definition) is 6. The maximum absolute atomic E-state index is 12.1. The van der Waals surface area contributed by atoms with E-state index in [4.69, 9.17) is 23.7 Å². The predicted octanol–water partition coefficient (Wildman–Crippen LogP) is 2.45. The van der Waals surface area contributed by atoms with E-state index in [0.29, 0.717) is 34.4 Å². The van der Waals surface area contributed by atoms with Crippen molar-refractivity contribution < 1.29 is 28.5 Å². The molecule has 3 rings (SSSR count). The average Bonchev–Trinajstić information content (AvgIpc) is 3.07. The maximum Gasteiger partial charge on any atom is 0.262 e. The Labute approximate surface area is 139 Å². The van der Waals surface area contributed by atoms with Crippen molar-refractivity contribution in [2.45, 2.75) is 0 Å². The lowest BCUT2D eigenvalue weighted by molar-refractivity contribution is -0.118. The van der Waals surface area contributed by atoms with Crippen molar-refractivity contribution in [1.82, 2.24) is 0 Å². The van der Waals surface area contributed by atoms with Gasteiger partial charge in [-0.3, -0.25) is 4.79 Å². The van der Waals surface area contributed by atoms with Crippen LogP contribution < -0.4 is 29.0 Å². The third-order valence-corrected chi connectivity index (χ3v) is 3.39. The normalized spacial score (nSPS) is 11.8. The van der Waals surface area contributed by atoms with Crippen molar-refractivity contribution in [2.75, 3.05) is 32.9 Å². The summed E-state index contributed by atoms with van der Waals surface area (Å²) in [6.45, 7) is -0.00534. The second-order valence-corrected chi connectivity index (χ2v) is 4.90. The molecule has 0 atom stereocenters. The largest absolute Gasteiger partial charge is 0.493 e. The Balaban J connectivity index is 1.64. The molecule has 0 aromatic heterocycles. The molecular formula is C17H17NO6. The van der Waals surface area contributed by atoms with Gasteiger partial charge in [-0.2, -0.15) is 0 Å². The molecule has 1 heterocycles. The van der Waals surface area contributed by atoms with Crippen LogP contribution in [-0.2, 0) is 4.79 Å². The molecule has 1 amide bonds. The fourth-order valence-corrected chi connectivity index (χ4v) is 2.27. The monoisotopic (exact) mass is 331 g/mol. The number of hydrogen-bond donors (Lipinski definition) is 1. The highest BCUT2D eigenvalue weighted by atomic mass is 16.7. The summed E-state index contributed by atoms with van der Waals surface area (Å²) in [6.07, 6.45) is 0. The van der Waals surface area contributed by atoms with Crippen molar-refractivity contribution >= 4 is 11.6 Å². The number of nitrogens with one attached hydrogen (secondary N) is 1. The molecule has 0 bridgehead atoms. The summed E-state index contributed by atoms with van der Waals surface area (Å²) >= 11 is 0. The molecule has 0 radical (unpaired) electrons. The fraction of sp³-hybridized carbons (Fsp3) is 0.235. The van der Waals surface area contributed by atoms with E-state index in [9.17, 15) is 4.79 Å². The summed E-state index contributed by atoms with van der Waals surface area (Å²) in [5, 5.41) is 2.74. The van der Waals surface area contributed by atoms with E-state index < -0.39 is 0 Å². The molecule has 2 aromatic rings. The number of carbonyl (C=O) groups is 1. The van der Waals surface area contributed by atoms with Crippen LogP contribution in [0, 0.1) is 0 Å². The zero-order chi connectivity index (χ0) is 16.9. The number of anilines is 1. The number of methoxy groups -OCH3 is 2. The quantitative estimate of drug-likeness (QED) is 0.876. The molecule has 0 aliphatic carbocycles. The van der Waals surface area contributed by atoms with Gasteiger partial charge in [-0.25, -0.2) is 0 Å². The van der Waals surface area contributed by atoms with Crippen LogP contribution in [0.15, 0.2) is 36.4 Å². The fourth-order valence-electron chi connectivity index (χ4n) is 2.27. The summed E-state index contributed by atoms with van der Waals surface area (Å²) in [4.78, 5) is 12.1. The Morgan fingerprint density at radius 1 is 1.08 bits per heavy atom. The molecule has 1 aliphatic rings. The summed E-state index contributed by atoms with van der Waals surface area (Å²) < 4.78 is 26.5. The molecule has 0 unspecified atom stereocenters. The smallest absolute Gasteiger partial charge is 0.262 e. The van der Waals surface area contributed by atoms with Gasteiger partial charge in [0, 0.05) is 11.8 Å². The lowest BCUT2D eigenvalue weighted by Crippen LogP contribution is -2.20. The summed E-state index contributed by atoms with van der Waals surface area (Å²) in [5.74, 6) is 2.30. The molecule has 1 aliphatic heterocycles. The van der Waals surface area contributed by atoms with Gasteiger partial charge in [0.1, 0.15) is 0 Å². The minimum Gasteiger partial charge on any atom is -0.493 e. The molecular weight excluding hydrogens is 314 g/mol. The molecule has 0 spiro atoms. The van der Waals surface area contributed by atoms with E-state index in [-0.39, 0.29) is 19.3 Å². The van der Waals surface area contributed by atoms with Gasteiger partial charge in [0.05, 0.1) is 14.2 Å². The Bertz CT molecular complexity index is 724. The van der Waals surface area contributed by atoms with Gasteiger partial charge in [0.2, 0.25) is 12.5 Å². The zero-order valence-corrected chi connectivity index (χ0v) is 13.3. The van der Waals surface area contributed by atoms with E-state index in [1.807, 2.05) is 0 Å². The Kier molecular flexibility index (Phi) is 4.60. The van der Waals surface area contributed by atoms with Gasteiger partial charge < -0.3 is 29.0 Å². The molecule has 1 N–H and O–H groups in total. The minimum atomic E-state index is -0.318. The Morgan fingerprint density at radius 2 is 1.79 bits per heavy atom. The number of fused-ring (bicyclic) bond motifs is 1. The Morgan fingerprint density at radius 3 is 2.50 bits per heavy atom. The van der Waals surface area contributed by atoms with Crippen LogP contribution in [0.1, 0.15) is 0 Å². The number of carbonyl (C=O) groups excluding carboxylic acids is 1. The number of ether oxygens (including phenoxy) is 5. The molecule has 2 aromatic carbocycles. The summed E-state index contributed by atoms with van der Waals surface area (Å²) in [7, 11) is 3.04. The SMILES string of the molecule is COc1cccc(OC)c1OCC(=O)Nc1ccc2c(c1)OCO2. The van der Waals surface area contributed by atoms with Crippen LogP contribution in [0.4, 0.5) is 5.69 Å². The number of amides is 1. The van der Waals surface area contributed by atoms with E-state index in [1.54, 1.807) is 36.4 Å². The highest BCUT2D eigenvalue weighted by Gasteiger charge is 2.16. The van der Waals surface area contributed by atoms with Gasteiger partial charge >= 0.3 is 0 Å². The minimum absolute atomic E-state index is 0.184. The lowest BCUT2D eigenvalue weighted by Gasteiger charge is -2.14. The van der Waals surface area contributed by atoms with Gasteiger partial charge in [-0.05, 0) is 24.3 Å². The third kappa shape index (κ3) is 3.29. The highest BCUT2D eigenvalue weighted by molar-refractivity contribution is 5.92. The molecule has 0 saturated heterocycles. The molecule has 24 heavy (non-hydrogen) atoms. The molecule has 126 valence electrons. The number of rotatable bonds is 6. The first-order chi connectivity index (χ1) is 11.7. The second-order valence-electron chi connectivity index (χ2n) is 4.90. The van der Waals surface area contributed by atoms with Crippen molar-refractivity contribution in [3.63, 3.8) is 0 Å². The van der Waals surface area contributed by atoms with E-state index in [1.165, 1.54) is 14.2 Å². The first kappa shape index (κ1) is 15.8.